The summed E-state index contributed by atoms with van der Waals surface area (Å²) in [7, 11) is 0. The molecule has 1 aliphatic carbocycles. The van der Waals surface area contributed by atoms with Crippen molar-refractivity contribution < 1.29 is 4.42 Å². The molecular weight excluding hydrogens is 242 g/mol. The van der Waals surface area contributed by atoms with Crippen molar-refractivity contribution in [1.29, 1.82) is 0 Å². The Morgan fingerprint density at radius 2 is 2.21 bits per heavy atom. The number of nitrogens with zero attached hydrogens (tertiary/aromatic N) is 1. The van der Waals surface area contributed by atoms with Crippen LogP contribution in [0.4, 0.5) is 0 Å². The molecule has 78 valence electrons. The Labute approximate surface area is 93.2 Å². The van der Waals surface area contributed by atoms with Crippen LogP contribution in [0.3, 0.4) is 0 Å². The van der Waals surface area contributed by atoms with E-state index in [2.05, 4.69) is 20.9 Å². The summed E-state index contributed by atoms with van der Waals surface area (Å²) in [5, 5.41) is 0.809. The van der Waals surface area contributed by atoms with Crippen molar-refractivity contribution in [2.24, 2.45) is 5.92 Å². The molecule has 0 saturated heterocycles. The molecule has 14 heavy (non-hydrogen) atoms. The summed E-state index contributed by atoms with van der Waals surface area (Å²) < 4.78 is 5.37. The summed E-state index contributed by atoms with van der Waals surface area (Å²) in [5.74, 6) is 2.01. The minimum Gasteiger partial charge on any atom is -0.448 e. The fraction of sp³-hybridized carbons (Fsp3) is 0.727. The third-order valence-electron chi connectivity index (χ3n) is 3.11. The monoisotopic (exact) mass is 257 g/mol. The lowest BCUT2D eigenvalue weighted by Crippen LogP contribution is -1.97. The number of alkyl halides is 1. The Hall–Kier alpha value is -0.310. The number of oxazole rings is 1. The lowest BCUT2D eigenvalue weighted by molar-refractivity contribution is 0.444. The molecule has 0 unspecified atom stereocenters. The largest absolute Gasteiger partial charge is 0.448 e. The van der Waals surface area contributed by atoms with Crippen molar-refractivity contribution in [3.63, 3.8) is 0 Å². The van der Waals surface area contributed by atoms with Gasteiger partial charge < -0.3 is 4.42 Å². The van der Waals surface area contributed by atoms with Crippen LogP contribution in [0.25, 0.3) is 0 Å². The molecule has 0 N–H and O–H groups in total. The second-order valence-corrected chi connectivity index (χ2v) is 4.61. The molecule has 2 rings (SSSR count). The van der Waals surface area contributed by atoms with Gasteiger partial charge in [-0.2, -0.15) is 0 Å². The predicted octanol–water partition coefficient (Wildman–Crippen LogP) is 3.69. The standard InChI is InChI=1S/C11H16BrNO/c12-7-10-11(14-8-13-10)6-5-9-3-1-2-4-9/h8-9H,1-7H2. The van der Waals surface area contributed by atoms with E-state index in [1.807, 2.05) is 0 Å². The van der Waals surface area contributed by atoms with Gasteiger partial charge in [-0.25, -0.2) is 4.98 Å². The highest BCUT2D eigenvalue weighted by atomic mass is 79.9. The Kier molecular flexibility index (Phi) is 3.62. The third kappa shape index (κ3) is 2.38. The number of halogens is 1. The molecule has 0 spiro atoms. The quantitative estimate of drug-likeness (QED) is 0.770. The maximum absolute atomic E-state index is 5.37. The fourth-order valence-corrected chi connectivity index (χ4v) is 2.70. The minimum atomic E-state index is 0.809. The highest BCUT2D eigenvalue weighted by Gasteiger charge is 2.16. The SMILES string of the molecule is BrCc1ncoc1CCC1CCCC1. The van der Waals surface area contributed by atoms with Crippen LogP contribution in [-0.2, 0) is 11.8 Å². The van der Waals surface area contributed by atoms with Crippen LogP contribution in [0, 0.1) is 5.92 Å². The van der Waals surface area contributed by atoms with Crippen LogP contribution in [0.5, 0.6) is 0 Å². The average Bonchev–Trinajstić information content (AvgIpc) is 2.85. The molecule has 0 radical (unpaired) electrons. The molecule has 2 nitrogen and oxygen atoms in total. The Morgan fingerprint density at radius 3 is 2.93 bits per heavy atom. The van der Waals surface area contributed by atoms with Gasteiger partial charge in [0, 0.05) is 11.8 Å². The van der Waals surface area contributed by atoms with Crippen molar-refractivity contribution in [1.82, 2.24) is 4.98 Å². The molecule has 1 aliphatic rings. The Morgan fingerprint density at radius 1 is 1.43 bits per heavy atom. The van der Waals surface area contributed by atoms with Crippen LogP contribution >= 0.6 is 15.9 Å². The van der Waals surface area contributed by atoms with Gasteiger partial charge in [-0.1, -0.05) is 41.6 Å². The van der Waals surface area contributed by atoms with Gasteiger partial charge >= 0.3 is 0 Å². The second kappa shape index (κ2) is 4.96. The van der Waals surface area contributed by atoms with Gasteiger partial charge in [0.25, 0.3) is 0 Å². The molecule has 0 aliphatic heterocycles. The zero-order valence-electron chi connectivity index (χ0n) is 8.34. The molecule has 1 fully saturated rings. The van der Waals surface area contributed by atoms with Crippen molar-refractivity contribution in [2.75, 3.05) is 0 Å². The van der Waals surface area contributed by atoms with E-state index in [-0.39, 0.29) is 0 Å². The molecule has 1 heterocycles. The van der Waals surface area contributed by atoms with Crippen molar-refractivity contribution >= 4 is 15.9 Å². The zero-order valence-corrected chi connectivity index (χ0v) is 9.92. The first kappa shape index (κ1) is 10.2. The van der Waals surface area contributed by atoms with Crippen LogP contribution in [0.1, 0.15) is 43.6 Å². The first-order valence-electron chi connectivity index (χ1n) is 5.37. The van der Waals surface area contributed by atoms with E-state index in [0.29, 0.717) is 0 Å². The number of aryl methyl sites for hydroxylation is 1. The second-order valence-electron chi connectivity index (χ2n) is 4.05. The Bertz CT molecular complexity index is 279. The van der Waals surface area contributed by atoms with Gasteiger partial charge in [-0.3, -0.25) is 0 Å². The molecule has 0 atom stereocenters. The Balaban J connectivity index is 1.84. The van der Waals surface area contributed by atoms with E-state index in [1.165, 1.54) is 32.1 Å². The molecule has 1 aromatic heterocycles. The van der Waals surface area contributed by atoms with Gasteiger partial charge in [0.05, 0.1) is 5.69 Å². The molecule has 1 saturated carbocycles. The van der Waals surface area contributed by atoms with Gasteiger partial charge in [-0.05, 0) is 12.3 Å². The first-order chi connectivity index (χ1) is 6.90. The van der Waals surface area contributed by atoms with Crippen LogP contribution < -0.4 is 0 Å². The minimum absolute atomic E-state index is 0.809. The number of aromatic nitrogens is 1. The summed E-state index contributed by atoms with van der Waals surface area (Å²) >= 11 is 3.42. The maximum Gasteiger partial charge on any atom is 0.181 e. The summed E-state index contributed by atoms with van der Waals surface area (Å²) in [6, 6.07) is 0. The molecule has 0 bridgehead atoms. The van der Waals surface area contributed by atoms with Crippen LogP contribution in [0.15, 0.2) is 10.8 Å². The third-order valence-corrected chi connectivity index (χ3v) is 3.64. The zero-order chi connectivity index (χ0) is 9.80. The van der Waals surface area contributed by atoms with Gasteiger partial charge in [0.2, 0.25) is 0 Å². The highest BCUT2D eigenvalue weighted by molar-refractivity contribution is 9.08. The normalized spacial score (nSPS) is 17.8. The molecule has 1 aromatic rings. The number of hydrogen-bond donors (Lipinski definition) is 0. The fourth-order valence-electron chi connectivity index (χ4n) is 2.24. The summed E-state index contributed by atoms with van der Waals surface area (Å²) in [5.41, 5.74) is 1.07. The van der Waals surface area contributed by atoms with Crippen LogP contribution in [0.2, 0.25) is 0 Å². The highest BCUT2D eigenvalue weighted by Crippen LogP contribution is 2.29. The number of rotatable bonds is 4. The lowest BCUT2D eigenvalue weighted by atomic mass is 10.0. The maximum atomic E-state index is 5.37. The van der Waals surface area contributed by atoms with Crippen molar-refractivity contribution in [3.8, 4) is 0 Å². The number of hydrogen-bond acceptors (Lipinski definition) is 2. The predicted molar refractivity (Wildman–Crippen MR) is 59.4 cm³/mol. The average molecular weight is 258 g/mol. The van der Waals surface area contributed by atoms with Gasteiger partial charge in [-0.15, -0.1) is 0 Å². The van der Waals surface area contributed by atoms with E-state index < -0.39 is 0 Å². The van der Waals surface area contributed by atoms with Gasteiger partial charge in [0.15, 0.2) is 6.39 Å². The van der Waals surface area contributed by atoms with E-state index in [4.69, 9.17) is 4.42 Å². The summed E-state index contributed by atoms with van der Waals surface area (Å²) in [4.78, 5) is 4.17. The molecular formula is C11H16BrNO. The topological polar surface area (TPSA) is 26.0 Å². The smallest absolute Gasteiger partial charge is 0.181 e. The van der Waals surface area contributed by atoms with E-state index in [1.54, 1.807) is 6.39 Å². The molecule has 3 heteroatoms. The molecule has 0 amide bonds. The first-order valence-corrected chi connectivity index (χ1v) is 6.49. The summed E-state index contributed by atoms with van der Waals surface area (Å²) in [6.45, 7) is 0. The lowest BCUT2D eigenvalue weighted by Gasteiger charge is -2.06. The van der Waals surface area contributed by atoms with Gasteiger partial charge in [0.1, 0.15) is 5.76 Å². The molecule has 0 aromatic carbocycles. The van der Waals surface area contributed by atoms with Crippen molar-refractivity contribution in [2.45, 2.75) is 43.9 Å². The summed E-state index contributed by atoms with van der Waals surface area (Å²) in [6.07, 6.45) is 9.57. The van der Waals surface area contributed by atoms with E-state index >= 15 is 0 Å². The van der Waals surface area contributed by atoms with E-state index in [0.717, 1.165) is 29.1 Å². The van der Waals surface area contributed by atoms with Crippen molar-refractivity contribution in [3.05, 3.63) is 17.8 Å². The van der Waals surface area contributed by atoms with E-state index in [9.17, 15) is 0 Å². The van der Waals surface area contributed by atoms with Crippen LogP contribution in [-0.4, -0.2) is 4.98 Å².